The first-order valence-corrected chi connectivity index (χ1v) is 17.4. The number of rotatable bonds is 15. The standard InChI is InChI=1S/C41H44N2O10/c1-26(43(21-11-14-27-12-7-5-8-13-27)39(48)37(46)32(24-36(44)45)40(49)53-41(2,3)4)31(28-17-19-33-35(22-28)51-25-50-33)23-30-18-20-34(52-30)38(47)42-29-15-9-6-10-16-29/h5-10,12-13,15-20,22,26,31,46H,11,14,21,23-25H2,1-4H3,(H,42,47)(H,44,45)/t26-,31+/m1/s1. The lowest BCUT2D eigenvalue weighted by molar-refractivity contribution is -0.152. The maximum atomic E-state index is 14.4. The van der Waals surface area contributed by atoms with E-state index >= 15 is 0 Å². The number of hydrogen-bond acceptors (Lipinski definition) is 9. The zero-order valence-electron chi connectivity index (χ0n) is 30.2. The van der Waals surface area contributed by atoms with Gasteiger partial charge in [-0.1, -0.05) is 54.6 Å². The van der Waals surface area contributed by atoms with Crippen LogP contribution in [0.5, 0.6) is 11.5 Å². The van der Waals surface area contributed by atoms with Gasteiger partial charge in [-0.05, 0) is 88.1 Å². The number of benzene rings is 3. The third kappa shape index (κ3) is 10.3. The number of aliphatic carboxylic acids is 1. The number of furan rings is 1. The predicted molar refractivity (Wildman–Crippen MR) is 196 cm³/mol. The molecule has 3 N–H and O–H groups in total. The molecule has 12 heteroatoms. The predicted octanol–water partition coefficient (Wildman–Crippen LogP) is 7.07. The molecule has 2 atom stereocenters. The van der Waals surface area contributed by atoms with E-state index in [9.17, 15) is 29.4 Å². The molecule has 5 rings (SSSR count). The van der Waals surface area contributed by atoms with Crippen molar-refractivity contribution in [3.05, 3.63) is 125 Å². The van der Waals surface area contributed by atoms with Crippen molar-refractivity contribution >= 4 is 29.4 Å². The lowest BCUT2D eigenvalue weighted by Gasteiger charge is -2.35. The molecule has 0 saturated carbocycles. The van der Waals surface area contributed by atoms with Crippen LogP contribution in [0.3, 0.4) is 0 Å². The van der Waals surface area contributed by atoms with Gasteiger partial charge in [0.1, 0.15) is 11.4 Å². The van der Waals surface area contributed by atoms with E-state index in [4.69, 9.17) is 18.6 Å². The Balaban J connectivity index is 1.51. The normalized spacial score (nSPS) is 13.7. The van der Waals surface area contributed by atoms with E-state index in [-0.39, 0.29) is 25.5 Å². The van der Waals surface area contributed by atoms with Crippen LogP contribution in [-0.2, 0) is 32.0 Å². The van der Waals surface area contributed by atoms with Crippen molar-refractivity contribution in [2.75, 3.05) is 18.7 Å². The smallest absolute Gasteiger partial charge is 0.339 e. The molecule has 1 aliphatic heterocycles. The maximum absolute atomic E-state index is 14.4. The minimum absolute atomic E-state index is 0.0524. The number of aliphatic hydroxyl groups is 1. The molecule has 2 amide bonds. The lowest BCUT2D eigenvalue weighted by atomic mass is 9.87. The fourth-order valence-electron chi connectivity index (χ4n) is 6.07. The highest BCUT2D eigenvalue weighted by Crippen LogP contribution is 2.38. The zero-order valence-corrected chi connectivity index (χ0v) is 30.2. The second kappa shape index (κ2) is 17.0. The Morgan fingerprint density at radius 2 is 1.57 bits per heavy atom. The molecular weight excluding hydrogens is 680 g/mol. The van der Waals surface area contributed by atoms with Gasteiger partial charge in [-0.2, -0.15) is 0 Å². The summed E-state index contributed by atoms with van der Waals surface area (Å²) in [5.74, 6) is -3.79. The number of ether oxygens (including phenoxy) is 3. The van der Waals surface area contributed by atoms with Gasteiger partial charge < -0.3 is 39.1 Å². The second-order valence-corrected chi connectivity index (χ2v) is 13.7. The highest BCUT2D eigenvalue weighted by atomic mass is 16.7. The number of aliphatic hydroxyl groups excluding tert-OH is 1. The summed E-state index contributed by atoms with van der Waals surface area (Å²) in [6.45, 7) is 6.79. The fourth-order valence-corrected chi connectivity index (χ4v) is 6.07. The van der Waals surface area contributed by atoms with Crippen molar-refractivity contribution in [2.45, 2.75) is 70.9 Å². The summed E-state index contributed by atoms with van der Waals surface area (Å²) in [5, 5.41) is 23.9. The van der Waals surface area contributed by atoms with E-state index in [1.165, 1.54) is 4.90 Å². The molecule has 0 aliphatic carbocycles. The van der Waals surface area contributed by atoms with E-state index in [0.29, 0.717) is 35.8 Å². The quantitative estimate of drug-likeness (QED) is 0.0656. The maximum Gasteiger partial charge on any atom is 0.339 e. The third-order valence-corrected chi connectivity index (χ3v) is 8.67. The van der Waals surface area contributed by atoms with Crippen molar-refractivity contribution in [3.8, 4) is 11.5 Å². The van der Waals surface area contributed by atoms with Gasteiger partial charge in [-0.15, -0.1) is 0 Å². The van der Waals surface area contributed by atoms with Crippen molar-refractivity contribution in [3.63, 3.8) is 0 Å². The Kier molecular flexibility index (Phi) is 12.2. The molecule has 0 bridgehead atoms. The summed E-state index contributed by atoms with van der Waals surface area (Å²) in [5.41, 5.74) is 0.718. The molecule has 0 saturated heterocycles. The van der Waals surface area contributed by atoms with E-state index in [0.717, 1.165) is 11.1 Å². The molecule has 53 heavy (non-hydrogen) atoms. The zero-order chi connectivity index (χ0) is 38.1. The molecule has 3 aromatic carbocycles. The number of aryl methyl sites for hydroxylation is 1. The lowest BCUT2D eigenvalue weighted by Crippen LogP contribution is -2.44. The van der Waals surface area contributed by atoms with Gasteiger partial charge >= 0.3 is 11.9 Å². The molecule has 0 spiro atoms. The van der Waals surface area contributed by atoms with Crippen molar-refractivity contribution in [1.82, 2.24) is 4.90 Å². The summed E-state index contributed by atoms with van der Waals surface area (Å²) in [6.07, 6.45) is 0.361. The first-order chi connectivity index (χ1) is 25.3. The summed E-state index contributed by atoms with van der Waals surface area (Å²) in [4.78, 5) is 53.8. The number of nitrogens with one attached hydrogen (secondary N) is 1. The van der Waals surface area contributed by atoms with Gasteiger partial charge in [-0.3, -0.25) is 14.4 Å². The van der Waals surface area contributed by atoms with Crippen LogP contribution in [0.4, 0.5) is 5.69 Å². The summed E-state index contributed by atoms with van der Waals surface area (Å²) in [6, 6.07) is 26.7. The highest BCUT2D eigenvalue weighted by Gasteiger charge is 2.35. The van der Waals surface area contributed by atoms with Crippen LogP contribution in [0.1, 0.15) is 73.9 Å². The molecule has 1 aromatic heterocycles. The Labute approximate surface area is 308 Å². The third-order valence-electron chi connectivity index (χ3n) is 8.67. The van der Waals surface area contributed by atoms with E-state index in [1.54, 1.807) is 70.2 Å². The summed E-state index contributed by atoms with van der Waals surface area (Å²) in [7, 11) is 0. The van der Waals surface area contributed by atoms with Crippen molar-refractivity contribution in [2.24, 2.45) is 0 Å². The number of hydrogen-bond donors (Lipinski definition) is 3. The fraction of sp³-hybridized carbons (Fsp3) is 0.317. The Bertz CT molecular complexity index is 1950. The van der Waals surface area contributed by atoms with Gasteiger partial charge in [0.2, 0.25) is 6.79 Å². The van der Waals surface area contributed by atoms with E-state index in [1.807, 2.05) is 48.5 Å². The number of esters is 1. The minimum Gasteiger partial charge on any atom is -0.503 e. The minimum atomic E-state index is -1.42. The number of nitrogens with zero attached hydrogens (tertiary/aromatic N) is 1. The second-order valence-electron chi connectivity index (χ2n) is 13.7. The number of carboxylic acids is 1. The topological polar surface area (TPSA) is 165 Å². The number of fused-ring (bicyclic) bond motifs is 1. The van der Waals surface area contributed by atoms with Gasteiger partial charge in [0.15, 0.2) is 23.0 Å². The van der Waals surface area contributed by atoms with Crippen LogP contribution in [0.15, 0.2) is 107 Å². The van der Waals surface area contributed by atoms with E-state index in [2.05, 4.69) is 5.32 Å². The van der Waals surface area contributed by atoms with Gasteiger partial charge in [0.05, 0.1) is 12.0 Å². The molecular formula is C41H44N2O10. The summed E-state index contributed by atoms with van der Waals surface area (Å²) >= 11 is 0. The molecule has 2 heterocycles. The van der Waals surface area contributed by atoms with E-state index < -0.39 is 59.1 Å². The molecule has 0 unspecified atom stereocenters. The Morgan fingerprint density at radius 3 is 2.25 bits per heavy atom. The molecule has 4 aromatic rings. The van der Waals surface area contributed by atoms with Gasteiger partial charge in [-0.25, -0.2) is 4.79 Å². The number of carbonyl (C=O) groups excluding carboxylic acids is 3. The van der Waals surface area contributed by atoms with Crippen LogP contribution in [0.25, 0.3) is 0 Å². The molecule has 12 nitrogen and oxygen atoms in total. The molecule has 0 fully saturated rings. The average molecular weight is 725 g/mol. The van der Waals surface area contributed by atoms with Crippen molar-refractivity contribution in [1.29, 1.82) is 0 Å². The van der Waals surface area contributed by atoms with Gasteiger partial charge in [0.25, 0.3) is 11.8 Å². The van der Waals surface area contributed by atoms with Crippen molar-refractivity contribution < 1.29 is 48.0 Å². The summed E-state index contributed by atoms with van der Waals surface area (Å²) < 4.78 is 22.6. The number of carbonyl (C=O) groups is 4. The number of anilines is 1. The Hall–Kier alpha value is -6.04. The Morgan fingerprint density at radius 1 is 0.887 bits per heavy atom. The SMILES string of the molecule is C[C@H]([C@H](Cc1ccc(C(=O)Nc2ccccc2)o1)c1ccc2c(c1)OCO2)N(CCCc1ccccc1)C(=O)C(O)=C(CC(=O)O)C(=O)OC(C)(C)C. The van der Waals surface area contributed by atoms with Crippen LogP contribution in [0.2, 0.25) is 0 Å². The first-order valence-electron chi connectivity index (χ1n) is 17.4. The number of amides is 2. The monoisotopic (exact) mass is 724 g/mol. The van der Waals surface area contributed by atoms with Crippen LogP contribution in [-0.4, -0.2) is 63.8 Å². The molecule has 0 radical (unpaired) electrons. The average Bonchev–Trinajstić information content (AvgIpc) is 3.80. The first kappa shape index (κ1) is 38.2. The van der Waals surface area contributed by atoms with Crippen LogP contribution in [0, 0.1) is 0 Å². The van der Waals surface area contributed by atoms with Crippen LogP contribution < -0.4 is 14.8 Å². The number of para-hydroxylation sites is 1. The number of carboxylic acid groups (broad SMARTS) is 1. The molecule has 1 aliphatic rings. The highest BCUT2D eigenvalue weighted by molar-refractivity contribution is 6.03. The van der Waals surface area contributed by atoms with Gasteiger partial charge in [0, 0.05) is 30.6 Å². The largest absolute Gasteiger partial charge is 0.503 e. The molecule has 278 valence electrons. The van der Waals surface area contributed by atoms with Crippen LogP contribution >= 0.6 is 0 Å².